The summed E-state index contributed by atoms with van der Waals surface area (Å²) in [5.74, 6) is -0.331. The summed E-state index contributed by atoms with van der Waals surface area (Å²) in [6.45, 7) is 3.96. The van der Waals surface area contributed by atoms with Gasteiger partial charge in [-0.1, -0.05) is 36.8 Å². The van der Waals surface area contributed by atoms with Crippen molar-refractivity contribution in [2.45, 2.75) is 26.7 Å². The summed E-state index contributed by atoms with van der Waals surface area (Å²) in [7, 11) is 0. The van der Waals surface area contributed by atoms with E-state index in [0.29, 0.717) is 17.7 Å². The highest BCUT2D eigenvalue weighted by molar-refractivity contribution is 5.96. The summed E-state index contributed by atoms with van der Waals surface area (Å²) in [5, 5.41) is 6.73. The Morgan fingerprint density at radius 1 is 1.04 bits per heavy atom. The second-order valence-electron chi connectivity index (χ2n) is 5.49. The van der Waals surface area contributed by atoms with Crippen LogP contribution >= 0.6 is 0 Å². The molecule has 2 rings (SSSR count). The highest BCUT2D eigenvalue weighted by Gasteiger charge is 2.05. The van der Waals surface area contributed by atoms with Crippen molar-refractivity contribution in [1.82, 2.24) is 5.43 Å². The highest BCUT2D eigenvalue weighted by Crippen LogP contribution is 2.10. The maximum Gasteiger partial charge on any atom is 0.271 e. The molecule has 0 fully saturated rings. The molecule has 2 aromatic carbocycles. The summed E-state index contributed by atoms with van der Waals surface area (Å²) >= 11 is 0. The van der Waals surface area contributed by atoms with E-state index in [-0.39, 0.29) is 11.8 Å². The maximum absolute atomic E-state index is 12.0. The number of benzene rings is 2. The number of amides is 2. The molecule has 0 heterocycles. The van der Waals surface area contributed by atoms with E-state index in [1.165, 1.54) is 5.56 Å². The molecule has 124 valence electrons. The number of hydrogen-bond acceptors (Lipinski definition) is 3. The molecule has 2 amide bonds. The number of hydrazone groups is 1. The zero-order valence-corrected chi connectivity index (χ0v) is 13.9. The van der Waals surface area contributed by atoms with Crippen LogP contribution in [0.25, 0.3) is 0 Å². The van der Waals surface area contributed by atoms with Crippen LogP contribution in [-0.4, -0.2) is 18.0 Å². The van der Waals surface area contributed by atoms with Gasteiger partial charge in [0, 0.05) is 17.7 Å². The van der Waals surface area contributed by atoms with E-state index in [1.54, 1.807) is 30.5 Å². The van der Waals surface area contributed by atoms with E-state index >= 15 is 0 Å². The van der Waals surface area contributed by atoms with Crippen LogP contribution in [0, 0.1) is 6.92 Å². The minimum absolute atomic E-state index is 0.0302. The fraction of sp³-hybridized carbons (Fsp3) is 0.211. The molecule has 0 aliphatic heterocycles. The fourth-order valence-electron chi connectivity index (χ4n) is 2.04. The Labute approximate surface area is 141 Å². The number of carbonyl (C=O) groups excluding carboxylic acids is 2. The van der Waals surface area contributed by atoms with Crippen LogP contribution in [0.1, 0.15) is 41.3 Å². The maximum atomic E-state index is 12.0. The number of carbonyl (C=O) groups is 2. The van der Waals surface area contributed by atoms with Gasteiger partial charge in [0.1, 0.15) is 0 Å². The fourth-order valence-corrected chi connectivity index (χ4v) is 2.04. The van der Waals surface area contributed by atoms with Crippen LogP contribution in [0.5, 0.6) is 0 Å². The van der Waals surface area contributed by atoms with Crippen molar-refractivity contribution in [2.24, 2.45) is 5.10 Å². The minimum atomic E-state index is -0.301. The van der Waals surface area contributed by atoms with Gasteiger partial charge in [0.15, 0.2) is 0 Å². The number of aryl methyl sites for hydroxylation is 1. The third kappa shape index (κ3) is 5.35. The van der Waals surface area contributed by atoms with E-state index < -0.39 is 0 Å². The lowest BCUT2D eigenvalue weighted by Crippen LogP contribution is -2.17. The van der Waals surface area contributed by atoms with Crippen molar-refractivity contribution in [3.63, 3.8) is 0 Å². The van der Waals surface area contributed by atoms with Crippen molar-refractivity contribution in [3.05, 3.63) is 65.2 Å². The normalized spacial score (nSPS) is 10.6. The molecule has 0 radical (unpaired) electrons. The van der Waals surface area contributed by atoms with Gasteiger partial charge in [0.2, 0.25) is 5.91 Å². The van der Waals surface area contributed by atoms with E-state index in [4.69, 9.17) is 0 Å². The number of anilines is 1. The van der Waals surface area contributed by atoms with E-state index in [0.717, 1.165) is 12.0 Å². The van der Waals surface area contributed by atoms with Crippen molar-refractivity contribution in [1.29, 1.82) is 0 Å². The smallest absolute Gasteiger partial charge is 0.271 e. The summed E-state index contributed by atoms with van der Waals surface area (Å²) in [4.78, 5) is 23.5. The molecule has 0 unspecified atom stereocenters. The average Bonchev–Trinajstić information content (AvgIpc) is 2.57. The quantitative estimate of drug-likeness (QED) is 0.631. The Morgan fingerprint density at radius 3 is 2.33 bits per heavy atom. The first-order valence-electron chi connectivity index (χ1n) is 7.88. The molecule has 0 aliphatic carbocycles. The van der Waals surface area contributed by atoms with Gasteiger partial charge in [0.05, 0.1) is 6.21 Å². The van der Waals surface area contributed by atoms with Crippen LogP contribution in [-0.2, 0) is 4.79 Å². The molecule has 0 aliphatic rings. The number of hydrogen-bond donors (Lipinski definition) is 2. The number of rotatable bonds is 6. The van der Waals surface area contributed by atoms with E-state index in [1.807, 2.05) is 38.1 Å². The molecule has 2 N–H and O–H groups in total. The molecule has 0 atom stereocenters. The molecular weight excluding hydrogens is 302 g/mol. The van der Waals surface area contributed by atoms with Crippen molar-refractivity contribution in [2.75, 3.05) is 5.32 Å². The lowest BCUT2D eigenvalue weighted by Gasteiger charge is -2.05. The first kappa shape index (κ1) is 17.4. The molecule has 0 saturated heterocycles. The summed E-state index contributed by atoms with van der Waals surface area (Å²) in [6, 6.07) is 14.5. The van der Waals surface area contributed by atoms with Crippen LogP contribution in [0.2, 0.25) is 0 Å². The number of nitrogens with zero attached hydrogens (tertiary/aromatic N) is 1. The Kier molecular flexibility index (Phi) is 6.25. The first-order valence-corrected chi connectivity index (χ1v) is 7.88. The second kappa shape index (κ2) is 8.62. The van der Waals surface area contributed by atoms with Gasteiger partial charge in [-0.15, -0.1) is 0 Å². The Balaban J connectivity index is 1.90. The largest absolute Gasteiger partial charge is 0.326 e. The van der Waals surface area contributed by atoms with Gasteiger partial charge in [-0.25, -0.2) is 5.43 Å². The van der Waals surface area contributed by atoms with Crippen LogP contribution in [0.3, 0.4) is 0 Å². The molecule has 0 saturated carbocycles. The van der Waals surface area contributed by atoms with Crippen LogP contribution in [0.4, 0.5) is 5.69 Å². The predicted octanol–water partition coefficient (Wildman–Crippen LogP) is 3.50. The molecule has 5 heteroatoms. The molecule has 2 aromatic rings. The van der Waals surface area contributed by atoms with Gasteiger partial charge in [-0.3, -0.25) is 9.59 Å². The first-order chi connectivity index (χ1) is 11.6. The molecule has 5 nitrogen and oxygen atoms in total. The average molecular weight is 323 g/mol. The topological polar surface area (TPSA) is 70.6 Å². The lowest BCUT2D eigenvalue weighted by molar-refractivity contribution is -0.116. The van der Waals surface area contributed by atoms with Crippen molar-refractivity contribution in [3.8, 4) is 0 Å². The van der Waals surface area contributed by atoms with Gasteiger partial charge in [-0.05, 0) is 43.2 Å². The van der Waals surface area contributed by atoms with Crippen LogP contribution < -0.4 is 10.7 Å². The standard InChI is InChI=1S/C19H21N3O2/c1-3-4-18(23)21-17-11-9-16(10-12-17)19(24)22-20-13-15-7-5-14(2)6-8-15/h5-13H,3-4H2,1-2H3,(H,21,23)(H,22,24)/b20-13+. The monoisotopic (exact) mass is 323 g/mol. The van der Waals surface area contributed by atoms with Crippen molar-refractivity contribution >= 4 is 23.7 Å². The lowest BCUT2D eigenvalue weighted by atomic mass is 10.2. The Morgan fingerprint density at radius 2 is 1.71 bits per heavy atom. The third-order valence-electron chi connectivity index (χ3n) is 3.36. The van der Waals surface area contributed by atoms with E-state index in [2.05, 4.69) is 15.8 Å². The van der Waals surface area contributed by atoms with Gasteiger partial charge in [-0.2, -0.15) is 5.10 Å². The second-order valence-corrected chi connectivity index (χ2v) is 5.49. The number of nitrogens with one attached hydrogen (secondary N) is 2. The predicted molar refractivity (Wildman–Crippen MR) is 96.2 cm³/mol. The highest BCUT2D eigenvalue weighted by atomic mass is 16.2. The Bertz CT molecular complexity index is 719. The van der Waals surface area contributed by atoms with Crippen LogP contribution in [0.15, 0.2) is 53.6 Å². The van der Waals surface area contributed by atoms with Gasteiger partial charge < -0.3 is 5.32 Å². The summed E-state index contributed by atoms with van der Waals surface area (Å²) in [6.07, 6.45) is 2.87. The van der Waals surface area contributed by atoms with Crippen molar-refractivity contribution < 1.29 is 9.59 Å². The third-order valence-corrected chi connectivity index (χ3v) is 3.36. The Hall–Kier alpha value is -2.95. The minimum Gasteiger partial charge on any atom is -0.326 e. The molecular formula is C19H21N3O2. The zero-order valence-electron chi connectivity index (χ0n) is 13.9. The SMILES string of the molecule is CCCC(=O)Nc1ccc(C(=O)N/N=C/c2ccc(C)cc2)cc1. The molecule has 0 bridgehead atoms. The molecule has 24 heavy (non-hydrogen) atoms. The molecule has 0 aromatic heterocycles. The van der Waals surface area contributed by atoms with E-state index in [9.17, 15) is 9.59 Å². The zero-order chi connectivity index (χ0) is 17.4. The van der Waals surface area contributed by atoms with Gasteiger partial charge in [0.25, 0.3) is 5.91 Å². The van der Waals surface area contributed by atoms with Gasteiger partial charge >= 0.3 is 0 Å². The summed E-state index contributed by atoms with van der Waals surface area (Å²) < 4.78 is 0. The molecule has 0 spiro atoms. The summed E-state index contributed by atoms with van der Waals surface area (Å²) in [5.41, 5.74) is 5.72.